The zero-order valence-electron chi connectivity index (χ0n) is 32.8. The minimum atomic E-state index is -4.62. The van der Waals surface area contributed by atoms with Crippen LogP contribution in [0.15, 0.2) is 24.3 Å². The summed E-state index contributed by atoms with van der Waals surface area (Å²) in [6, 6.07) is 0. The first-order chi connectivity index (χ1) is 24.0. The van der Waals surface area contributed by atoms with Crippen LogP contribution in [-0.4, -0.2) is 70.0 Å². The zero-order chi connectivity index (χ0) is 37.2. The Kier molecular flexibility index (Phi) is 32.3. The van der Waals surface area contributed by atoms with Crippen LogP contribution < -0.4 is 4.89 Å². The van der Waals surface area contributed by atoms with Crippen LogP contribution in [0.2, 0.25) is 0 Å². The third kappa shape index (κ3) is 36.3. The number of phosphoric ester groups is 1. The molecule has 2 atom stereocenters. The number of esters is 2. The van der Waals surface area contributed by atoms with Crippen LogP contribution in [0.1, 0.15) is 168 Å². The quantitative estimate of drug-likeness (QED) is 0.0206. The molecule has 0 aromatic heterocycles. The summed E-state index contributed by atoms with van der Waals surface area (Å²) in [6.45, 7) is 4.17. The number of quaternary nitrogens is 1. The molecule has 0 saturated heterocycles. The van der Waals surface area contributed by atoms with Crippen molar-refractivity contribution in [1.82, 2.24) is 0 Å². The van der Waals surface area contributed by atoms with Crippen LogP contribution in [0.5, 0.6) is 0 Å². The van der Waals surface area contributed by atoms with E-state index in [1.165, 1.54) is 77.0 Å². The summed E-state index contributed by atoms with van der Waals surface area (Å²) in [4.78, 5) is 37.3. The molecule has 0 spiro atoms. The van der Waals surface area contributed by atoms with Gasteiger partial charge in [-0.05, 0) is 44.9 Å². The standard InChI is InChI=1S/C40H76NO8P/c1-6-8-10-12-14-16-18-19-20-21-23-25-27-29-31-33-40(43)49-38(37-48-50(44,45)47-35-34-41(3,4)5)36-46-39(42)32-30-28-26-24-22-17-15-13-11-9-7-2/h14,16,19-20,38H,6-13,15,17-18,21-37H2,1-5H3/b16-14-,20-19-. The van der Waals surface area contributed by atoms with Crippen LogP contribution in [0, 0.1) is 0 Å². The number of carbonyl (C=O) groups is 2. The number of hydrogen-bond acceptors (Lipinski definition) is 8. The predicted octanol–water partition coefficient (Wildman–Crippen LogP) is 10.2. The molecule has 0 saturated carbocycles. The summed E-state index contributed by atoms with van der Waals surface area (Å²) in [5.74, 6) is -0.849. The van der Waals surface area contributed by atoms with E-state index < -0.39 is 26.5 Å². The molecule has 0 rings (SSSR count). The molecule has 0 aliphatic rings. The largest absolute Gasteiger partial charge is 0.756 e. The lowest BCUT2D eigenvalue weighted by atomic mass is 10.1. The van der Waals surface area contributed by atoms with Gasteiger partial charge < -0.3 is 27.9 Å². The van der Waals surface area contributed by atoms with Gasteiger partial charge in [-0.1, -0.05) is 134 Å². The van der Waals surface area contributed by atoms with Crippen molar-refractivity contribution < 1.29 is 42.1 Å². The van der Waals surface area contributed by atoms with Gasteiger partial charge in [-0.3, -0.25) is 14.2 Å². The van der Waals surface area contributed by atoms with Gasteiger partial charge in [0.2, 0.25) is 0 Å². The molecule has 50 heavy (non-hydrogen) atoms. The van der Waals surface area contributed by atoms with Gasteiger partial charge in [0.15, 0.2) is 6.10 Å². The first-order valence-corrected chi connectivity index (χ1v) is 21.5. The number of phosphoric acid groups is 1. The number of nitrogens with zero attached hydrogens (tertiary/aromatic N) is 1. The molecular formula is C40H76NO8P. The number of ether oxygens (including phenoxy) is 2. The topological polar surface area (TPSA) is 111 Å². The molecular weight excluding hydrogens is 653 g/mol. The molecule has 10 heteroatoms. The van der Waals surface area contributed by atoms with Crippen LogP contribution in [-0.2, 0) is 32.7 Å². The van der Waals surface area contributed by atoms with Crippen molar-refractivity contribution >= 4 is 19.8 Å². The number of likely N-dealkylation sites (N-methyl/N-ethyl adjacent to an activating group) is 1. The summed E-state index contributed by atoms with van der Waals surface area (Å²) >= 11 is 0. The minimum absolute atomic E-state index is 0.0322. The van der Waals surface area contributed by atoms with E-state index in [1.807, 2.05) is 21.1 Å². The van der Waals surface area contributed by atoms with Gasteiger partial charge in [-0.15, -0.1) is 0 Å². The highest BCUT2D eigenvalue weighted by Crippen LogP contribution is 2.38. The Bertz CT molecular complexity index is 918. The van der Waals surface area contributed by atoms with Crippen molar-refractivity contribution in [2.45, 2.75) is 174 Å². The number of hydrogen-bond donors (Lipinski definition) is 0. The molecule has 0 aromatic rings. The van der Waals surface area contributed by atoms with Gasteiger partial charge in [-0.2, -0.15) is 0 Å². The lowest BCUT2D eigenvalue weighted by Crippen LogP contribution is -2.37. The van der Waals surface area contributed by atoms with E-state index in [0.29, 0.717) is 17.4 Å². The maximum absolute atomic E-state index is 12.6. The molecule has 9 nitrogen and oxygen atoms in total. The Balaban J connectivity index is 4.44. The summed E-state index contributed by atoms with van der Waals surface area (Å²) in [6.07, 6.45) is 33.4. The van der Waals surface area contributed by atoms with Gasteiger partial charge >= 0.3 is 11.9 Å². The SMILES string of the molecule is CCCCC/C=C\C/C=C\CCCCCCCC(=O)OC(COC(=O)CCCCCCCCCCCCC)COP(=O)([O-])OCC[N+](C)(C)C. The molecule has 0 heterocycles. The van der Waals surface area contributed by atoms with Gasteiger partial charge in [0.25, 0.3) is 7.82 Å². The van der Waals surface area contributed by atoms with Crippen molar-refractivity contribution in [3.05, 3.63) is 24.3 Å². The van der Waals surface area contributed by atoms with Gasteiger partial charge in [-0.25, -0.2) is 0 Å². The van der Waals surface area contributed by atoms with Crippen molar-refractivity contribution in [1.29, 1.82) is 0 Å². The Morgan fingerprint density at radius 1 is 0.620 bits per heavy atom. The molecule has 294 valence electrons. The zero-order valence-corrected chi connectivity index (χ0v) is 33.7. The summed E-state index contributed by atoms with van der Waals surface area (Å²) in [7, 11) is 1.16. The van der Waals surface area contributed by atoms with E-state index in [2.05, 4.69) is 38.2 Å². The Labute approximate surface area is 307 Å². The van der Waals surface area contributed by atoms with Crippen LogP contribution in [0.4, 0.5) is 0 Å². The number of unbranched alkanes of at least 4 members (excludes halogenated alkanes) is 18. The Morgan fingerprint density at radius 3 is 1.62 bits per heavy atom. The number of allylic oxidation sites excluding steroid dienone is 4. The second kappa shape index (κ2) is 33.3. The molecule has 0 amide bonds. The first kappa shape index (κ1) is 48.5. The van der Waals surface area contributed by atoms with Crippen molar-refractivity contribution in [3.8, 4) is 0 Å². The normalized spacial score (nSPS) is 14.0. The summed E-state index contributed by atoms with van der Waals surface area (Å²) < 4.78 is 33.8. The Morgan fingerprint density at radius 2 is 1.08 bits per heavy atom. The molecule has 0 radical (unpaired) electrons. The minimum Gasteiger partial charge on any atom is -0.756 e. The van der Waals surface area contributed by atoms with E-state index in [4.69, 9.17) is 18.5 Å². The fourth-order valence-electron chi connectivity index (χ4n) is 5.27. The van der Waals surface area contributed by atoms with Gasteiger partial charge in [0, 0.05) is 12.8 Å². The van der Waals surface area contributed by atoms with E-state index >= 15 is 0 Å². The Hall–Kier alpha value is -1.51. The third-order valence-electron chi connectivity index (χ3n) is 8.47. The molecule has 0 aliphatic heterocycles. The van der Waals surface area contributed by atoms with E-state index in [9.17, 15) is 19.0 Å². The average molecular weight is 730 g/mol. The van der Waals surface area contributed by atoms with Gasteiger partial charge in [0.1, 0.15) is 19.8 Å². The number of carbonyl (C=O) groups excluding carboxylic acids is 2. The van der Waals surface area contributed by atoms with Crippen LogP contribution in [0.3, 0.4) is 0 Å². The van der Waals surface area contributed by atoms with Crippen molar-refractivity contribution in [3.63, 3.8) is 0 Å². The van der Waals surface area contributed by atoms with Crippen LogP contribution in [0.25, 0.3) is 0 Å². The van der Waals surface area contributed by atoms with E-state index in [0.717, 1.165) is 57.8 Å². The van der Waals surface area contributed by atoms with Gasteiger partial charge in [0.05, 0.1) is 27.7 Å². The highest BCUT2D eigenvalue weighted by atomic mass is 31.2. The predicted molar refractivity (Wildman–Crippen MR) is 204 cm³/mol. The molecule has 0 fully saturated rings. The molecule has 2 unspecified atom stereocenters. The second-order valence-electron chi connectivity index (χ2n) is 14.7. The third-order valence-corrected chi connectivity index (χ3v) is 9.44. The summed E-state index contributed by atoms with van der Waals surface area (Å²) in [5.41, 5.74) is 0. The molecule has 0 N–H and O–H groups in total. The van der Waals surface area contributed by atoms with Crippen molar-refractivity contribution in [2.75, 3.05) is 47.5 Å². The van der Waals surface area contributed by atoms with Crippen molar-refractivity contribution in [2.24, 2.45) is 0 Å². The van der Waals surface area contributed by atoms with Crippen LogP contribution >= 0.6 is 7.82 Å². The fourth-order valence-corrected chi connectivity index (χ4v) is 6.00. The smallest absolute Gasteiger partial charge is 0.306 e. The summed E-state index contributed by atoms with van der Waals surface area (Å²) in [5, 5.41) is 0. The maximum atomic E-state index is 12.6. The lowest BCUT2D eigenvalue weighted by molar-refractivity contribution is -0.870. The van der Waals surface area contributed by atoms with E-state index in [1.54, 1.807) is 0 Å². The maximum Gasteiger partial charge on any atom is 0.306 e. The first-order valence-electron chi connectivity index (χ1n) is 20.0. The molecule has 0 aliphatic carbocycles. The monoisotopic (exact) mass is 730 g/mol. The molecule has 0 aromatic carbocycles. The fraction of sp³-hybridized carbons (Fsp3) is 0.850. The number of rotatable bonds is 36. The lowest BCUT2D eigenvalue weighted by Gasteiger charge is -2.28. The highest BCUT2D eigenvalue weighted by Gasteiger charge is 2.21. The highest BCUT2D eigenvalue weighted by molar-refractivity contribution is 7.45. The molecule has 0 bridgehead atoms. The average Bonchev–Trinajstić information content (AvgIpc) is 3.06. The second-order valence-corrected chi connectivity index (χ2v) is 16.1. The van der Waals surface area contributed by atoms with E-state index in [-0.39, 0.29) is 32.0 Å².